The molecule has 0 radical (unpaired) electrons. The molecule has 3 saturated carbocycles. The fraction of sp³-hybridized carbons (Fsp3) is 0.970. The first-order chi connectivity index (χ1) is 46.8. The summed E-state index contributed by atoms with van der Waals surface area (Å²) < 4.78 is 70.8. The predicted octanol–water partition coefficient (Wildman–Crippen LogP) is -7.58. The second kappa shape index (κ2) is 31.5. The summed E-state index contributed by atoms with van der Waals surface area (Å²) in [7, 11) is 0. The van der Waals surface area contributed by atoms with Gasteiger partial charge >= 0.3 is 0 Å². The van der Waals surface area contributed by atoms with Crippen LogP contribution in [-0.2, 0) is 56.8 Å². The van der Waals surface area contributed by atoms with Crippen LogP contribution in [-0.4, -0.2) is 360 Å². The molecule has 40 atom stereocenters. The van der Waals surface area contributed by atoms with Crippen molar-refractivity contribution in [1.82, 2.24) is 0 Å². The van der Waals surface area contributed by atoms with Gasteiger partial charge in [-0.25, -0.2) is 0 Å². The number of aliphatic hydroxyl groups is 22. The number of hydrogen-bond donors (Lipinski definition) is 22. The third kappa shape index (κ3) is 14.9. The van der Waals surface area contributed by atoms with Gasteiger partial charge in [0.05, 0.1) is 63.6 Å². The highest BCUT2D eigenvalue weighted by Crippen LogP contribution is 2.75. The lowest BCUT2D eigenvalue weighted by Gasteiger charge is -2.67. The number of ether oxygens (including phenoxy) is 12. The number of rotatable bonds is 23. The topological polar surface area (TPSA) is 556 Å². The molecule has 0 amide bonds. The predicted molar refractivity (Wildman–Crippen MR) is 333 cm³/mol. The van der Waals surface area contributed by atoms with Crippen LogP contribution in [0.1, 0.15) is 107 Å². The Bertz CT molecular complexity index is 2670. The fourth-order valence-corrected chi connectivity index (χ4v) is 18.4. The quantitative estimate of drug-likeness (QED) is 0.0423. The normalized spacial score (nSPS) is 52.1. The highest BCUT2D eigenvalue weighted by Gasteiger charge is 2.71. The molecule has 0 bridgehead atoms. The van der Waals surface area contributed by atoms with E-state index in [2.05, 4.69) is 33.8 Å². The average Bonchev–Trinajstić information content (AvgIpc) is 1.02. The molecule has 34 heteroatoms. The van der Waals surface area contributed by atoms with Crippen LogP contribution in [0.25, 0.3) is 0 Å². The molecule has 34 nitrogen and oxygen atoms in total. The minimum Gasteiger partial charge on any atom is -0.394 e. The van der Waals surface area contributed by atoms with Gasteiger partial charge in [-0.2, -0.15) is 0 Å². The van der Waals surface area contributed by atoms with Crippen molar-refractivity contribution in [3.05, 3.63) is 11.6 Å². The molecular weight excluding hydrogens is 1340 g/mol. The first-order valence-corrected chi connectivity index (χ1v) is 35.1. The zero-order valence-corrected chi connectivity index (χ0v) is 57.6. The van der Waals surface area contributed by atoms with Gasteiger partial charge in [0.1, 0.15) is 146 Å². The highest BCUT2D eigenvalue weighted by atomic mass is 16.8. The molecular formula is C66H112O34. The Hall–Kier alpha value is -1.62. The van der Waals surface area contributed by atoms with Gasteiger partial charge in [-0.15, -0.1) is 0 Å². The van der Waals surface area contributed by atoms with Crippen molar-refractivity contribution in [2.45, 2.75) is 315 Å². The van der Waals surface area contributed by atoms with Crippen molar-refractivity contribution < 1.29 is 169 Å². The summed E-state index contributed by atoms with van der Waals surface area (Å²) in [6.07, 6.45) is -47.6. The standard InChI is InChI=1S/C66H112O34/c1-24(9-13-37(63(4,5)88)99-61-55(100-60-54(87)46(79)40(73)30(20-69)94-60)49(82)43(76)33(97-61)23-90-57-51(84)45(78)39(72)29(19-68)93-57)25-15-16-64(6)34-12-10-26-27(66(34,8)35(70)17-65(25,64)7)11-14-36(62(26,2)3)98-59-53(86)48(81)42(75)32(96-59)22-91-58-52(85)47(80)41(74)31(95-58)21-89-56-50(83)44(77)38(71)28(18-67)92-56/h10,24-25,27-61,67-88H,9,11-23H2,1-8H3/t24-,25-,27-,28?,29?,30?,31?,32?,33?,34?,35-,36+,37-,38-,39-,40-,41-,42-,43-,44+,45+,46+,47+,48+,49+,50?,51?,52?,53?,54?,55?,56+,57-,58-,59+,60+,61+,64+,65-,66+/m1/s1. The van der Waals surface area contributed by atoms with Crippen LogP contribution in [0.5, 0.6) is 0 Å². The summed E-state index contributed by atoms with van der Waals surface area (Å²) in [4.78, 5) is 0. The number of fused-ring (bicyclic) bond motifs is 5. The van der Waals surface area contributed by atoms with Gasteiger partial charge in [-0.05, 0) is 99.7 Å². The molecule has 6 heterocycles. The van der Waals surface area contributed by atoms with Gasteiger partial charge in [0.25, 0.3) is 0 Å². The van der Waals surface area contributed by atoms with Crippen LogP contribution in [0, 0.1) is 45.3 Å². The Balaban J connectivity index is 0.794. The molecule has 0 spiro atoms. The first kappa shape index (κ1) is 80.9. The molecule has 0 aromatic heterocycles. The molecule has 100 heavy (non-hydrogen) atoms. The van der Waals surface area contributed by atoms with Crippen molar-refractivity contribution in [3.63, 3.8) is 0 Å². The molecule has 6 aliphatic heterocycles. The van der Waals surface area contributed by atoms with E-state index < -0.39 is 264 Å². The van der Waals surface area contributed by atoms with E-state index in [1.807, 2.05) is 13.8 Å². The average molecular weight is 1450 g/mol. The van der Waals surface area contributed by atoms with E-state index in [0.717, 1.165) is 18.4 Å². The second-order valence-electron chi connectivity index (χ2n) is 31.6. The van der Waals surface area contributed by atoms with Crippen molar-refractivity contribution in [1.29, 1.82) is 0 Å². The Labute approximate surface area is 579 Å². The van der Waals surface area contributed by atoms with E-state index in [-0.39, 0.29) is 35.5 Å². The summed E-state index contributed by atoms with van der Waals surface area (Å²) in [6, 6.07) is 0. The molecule has 13 unspecified atom stereocenters. The van der Waals surface area contributed by atoms with E-state index in [1.165, 1.54) is 13.8 Å². The smallest absolute Gasteiger partial charge is 0.187 e. The molecule has 0 aromatic carbocycles. The first-order valence-electron chi connectivity index (χ1n) is 35.1. The Kier molecular flexibility index (Phi) is 25.5. The molecule has 9 fully saturated rings. The lowest BCUT2D eigenvalue weighted by molar-refractivity contribution is -0.380. The summed E-state index contributed by atoms with van der Waals surface area (Å²) in [6.45, 7) is 11.6. The summed E-state index contributed by atoms with van der Waals surface area (Å²) >= 11 is 0. The number of hydrogen-bond acceptors (Lipinski definition) is 34. The molecule has 580 valence electrons. The number of allylic oxidation sites excluding steroid dienone is 1. The van der Waals surface area contributed by atoms with E-state index >= 15 is 0 Å². The minimum atomic E-state index is -1.97. The lowest BCUT2D eigenvalue weighted by atomic mass is 9.38. The largest absolute Gasteiger partial charge is 0.394 e. The van der Waals surface area contributed by atoms with Crippen molar-refractivity contribution >= 4 is 0 Å². The zero-order chi connectivity index (χ0) is 73.5. The van der Waals surface area contributed by atoms with Gasteiger partial charge < -0.3 is 169 Å². The molecule has 0 aromatic rings. The lowest BCUT2D eigenvalue weighted by Crippen LogP contribution is -2.65. The molecule has 22 N–H and O–H groups in total. The Morgan fingerprint density at radius 1 is 0.460 bits per heavy atom. The Morgan fingerprint density at radius 3 is 1.30 bits per heavy atom. The maximum atomic E-state index is 12.9. The van der Waals surface area contributed by atoms with Crippen LogP contribution in [0.2, 0.25) is 0 Å². The fourth-order valence-electron chi connectivity index (χ4n) is 18.4. The zero-order valence-electron chi connectivity index (χ0n) is 57.6. The van der Waals surface area contributed by atoms with Crippen molar-refractivity contribution in [3.8, 4) is 0 Å². The molecule has 10 aliphatic rings. The summed E-state index contributed by atoms with van der Waals surface area (Å²) in [5.41, 5.74) is -2.73. The van der Waals surface area contributed by atoms with E-state index in [9.17, 15) is 112 Å². The van der Waals surface area contributed by atoms with Gasteiger partial charge in [-0.3, -0.25) is 0 Å². The monoisotopic (exact) mass is 1450 g/mol. The second-order valence-corrected chi connectivity index (χ2v) is 31.6. The third-order valence-electron chi connectivity index (χ3n) is 25.0. The van der Waals surface area contributed by atoms with E-state index in [0.29, 0.717) is 32.1 Å². The highest BCUT2D eigenvalue weighted by molar-refractivity contribution is 5.32. The van der Waals surface area contributed by atoms with Crippen molar-refractivity contribution in [2.75, 3.05) is 39.6 Å². The van der Waals surface area contributed by atoms with Crippen LogP contribution >= 0.6 is 0 Å². The van der Waals surface area contributed by atoms with Crippen molar-refractivity contribution in [2.24, 2.45) is 45.3 Å². The third-order valence-corrected chi connectivity index (χ3v) is 25.0. The van der Waals surface area contributed by atoms with E-state index in [4.69, 9.17) is 56.8 Å². The Morgan fingerprint density at radius 2 is 0.850 bits per heavy atom. The van der Waals surface area contributed by atoms with Crippen LogP contribution in [0.4, 0.5) is 0 Å². The van der Waals surface area contributed by atoms with Gasteiger partial charge in [0, 0.05) is 10.8 Å². The van der Waals surface area contributed by atoms with Gasteiger partial charge in [0.15, 0.2) is 37.7 Å². The molecule has 4 aliphatic carbocycles. The van der Waals surface area contributed by atoms with Crippen LogP contribution in [0.15, 0.2) is 11.6 Å². The summed E-state index contributed by atoms with van der Waals surface area (Å²) in [5, 5.41) is 238. The van der Waals surface area contributed by atoms with Gasteiger partial charge in [0.2, 0.25) is 0 Å². The minimum absolute atomic E-state index is 0.00824. The molecule has 6 saturated heterocycles. The van der Waals surface area contributed by atoms with E-state index in [1.54, 1.807) is 0 Å². The maximum absolute atomic E-state index is 12.9. The van der Waals surface area contributed by atoms with Crippen LogP contribution < -0.4 is 0 Å². The SMILES string of the molecule is C[C@H](CC[C@@H](O[C@@H]1OC(CO[C@@H]2OC(CO)[C@@H](O)[C@H](O)C2O)[C@@H](O)[C@H](O)C1O[C@@H]1OC(CO)[C@@H](O)[C@H](O)C1O)C(C)(C)O)[C@H]1CC[C@@]2(C)C3CC=C4[C@@H](CC[C@H](O[C@@H]5OC(CO[C@@H]6OC(CO[C@H]7OC(CO)[C@@H](O)[C@H](O)C7O)[C@@H](O)[C@H](O)C6O)[C@@H](O)[C@H](O)C5O)C4(C)C)[C@]3(C)[C@H](O)C[C@]12C. The molecule has 10 rings (SSSR count). The number of aliphatic hydroxyl groups excluding tert-OH is 21. The van der Waals surface area contributed by atoms with Crippen LogP contribution in [0.3, 0.4) is 0 Å². The summed E-state index contributed by atoms with van der Waals surface area (Å²) in [5.74, 6) is -0.162. The van der Waals surface area contributed by atoms with Gasteiger partial charge in [-0.1, -0.05) is 53.2 Å². The maximum Gasteiger partial charge on any atom is 0.187 e.